The summed E-state index contributed by atoms with van der Waals surface area (Å²) in [5.41, 5.74) is 2.54. The maximum Gasteiger partial charge on any atom is 0.323 e. The molecule has 0 fully saturated rings. The van der Waals surface area contributed by atoms with Crippen molar-refractivity contribution in [1.29, 1.82) is 0 Å². The lowest BCUT2D eigenvalue weighted by Crippen LogP contribution is -2.19. The van der Waals surface area contributed by atoms with Crippen LogP contribution in [0.25, 0.3) is 11.3 Å². The highest BCUT2D eigenvalue weighted by molar-refractivity contribution is 6.32. The molecule has 0 bridgehead atoms. The van der Waals surface area contributed by atoms with Gasteiger partial charge < -0.3 is 20.7 Å². The summed E-state index contributed by atoms with van der Waals surface area (Å²) >= 11 is 6.40. The minimum atomic E-state index is -0.538. The molecule has 2 aromatic carbocycles. The Morgan fingerprint density at radius 2 is 1.76 bits per heavy atom. The van der Waals surface area contributed by atoms with Crippen molar-refractivity contribution in [3.63, 3.8) is 0 Å². The van der Waals surface area contributed by atoms with Crippen LogP contribution >= 0.6 is 11.6 Å². The number of urea groups is 1. The van der Waals surface area contributed by atoms with Gasteiger partial charge in [-0.05, 0) is 61.0 Å². The smallest absolute Gasteiger partial charge is 0.323 e. The minimum Gasteiger partial charge on any atom is -0.437 e. The van der Waals surface area contributed by atoms with E-state index in [1.807, 2.05) is 6.07 Å². The van der Waals surface area contributed by atoms with Gasteiger partial charge in [0.15, 0.2) is 0 Å². The van der Waals surface area contributed by atoms with Crippen LogP contribution in [0.3, 0.4) is 0 Å². The summed E-state index contributed by atoms with van der Waals surface area (Å²) in [5, 5.41) is 8.38. The van der Waals surface area contributed by atoms with E-state index >= 15 is 0 Å². The third kappa shape index (κ3) is 5.38. The first kappa shape index (κ1) is 22.9. The Hall–Kier alpha value is -4.24. The molecule has 4 rings (SSSR count). The second kappa shape index (κ2) is 10.1. The maximum atomic E-state index is 13.7. The van der Waals surface area contributed by atoms with Crippen LogP contribution < -0.4 is 20.7 Å². The molecule has 0 radical (unpaired) electrons. The van der Waals surface area contributed by atoms with E-state index in [2.05, 4.69) is 30.9 Å². The molecular formula is C24H20ClFN6O2. The number of aromatic nitrogens is 3. The molecule has 3 N–H and O–H groups in total. The lowest BCUT2D eigenvalue weighted by molar-refractivity contribution is 0.262. The van der Waals surface area contributed by atoms with E-state index in [9.17, 15) is 9.18 Å². The highest BCUT2D eigenvalue weighted by Crippen LogP contribution is 2.35. The fraction of sp³-hybridized carbons (Fsp3) is 0.0833. The lowest BCUT2D eigenvalue weighted by Gasteiger charge is -2.13. The molecule has 0 aliphatic rings. The zero-order valence-corrected chi connectivity index (χ0v) is 19.0. The van der Waals surface area contributed by atoms with Crippen molar-refractivity contribution in [3.05, 3.63) is 83.4 Å². The quantitative estimate of drug-likeness (QED) is 0.309. The van der Waals surface area contributed by atoms with E-state index in [1.165, 1.54) is 6.07 Å². The van der Waals surface area contributed by atoms with Crippen molar-refractivity contribution >= 4 is 35.0 Å². The Bertz CT molecular complexity index is 1350. The Morgan fingerprint density at radius 1 is 1.00 bits per heavy atom. The van der Waals surface area contributed by atoms with Crippen molar-refractivity contribution < 1.29 is 13.9 Å². The Labute approximate surface area is 200 Å². The summed E-state index contributed by atoms with van der Waals surface area (Å²) in [6.07, 6.45) is 3.23. The van der Waals surface area contributed by atoms with Gasteiger partial charge in [-0.15, -0.1) is 0 Å². The first-order valence-electron chi connectivity index (χ1n) is 10.2. The normalized spacial score (nSPS) is 10.5. The number of anilines is 3. The highest BCUT2D eigenvalue weighted by Gasteiger charge is 2.14. The zero-order chi connectivity index (χ0) is 24.1. The van der Waals surface area contributed by atoms with Crippen LogP contribution in [-0.4, -0.2) is 28.0 Å². The van der Waals surface area contributed by atoms with Gasteiger partial charge in [0.05, 0.1) is 16.3 Å². The number of ether oxygens (including phenoxy) is 1. The Kier molecular flexibility index (Phi) is 6.84. The number of rotatable bonds is 6. The molecule has 172 valence electrons. The third-order valence-electron chi connectivity index (χ3n) is 4.75. The maximum absolute atomic E-state index is 13.7. The van der Waals surface area contributed by atoms with Crippen molar-refractivity contribution in [2.75, 3.05) is 23.0 Å². The topological polar surface area (TPSA) is 101 Å². The number of hydrogen-bond donors (Lipinski definition) is 3. The first-order valence-corrected chi connectivity index (χ1v) is 10.6. The average molecular weight is 479 g/mol. The molecule has 4 aromatic rings. The number of aryl methyl sites for hydroxylation is 1. The van der Waals surface area contributed by atoms with Crippen LogP contribution in [0.2, 0.25) is 5.02 Å². The van der Waals surface area contributed by atoms with Gasteiger partial charge in [0.1, 0.15) is 11.6 Å². The van der Waals surface area contributed by atoms with Crippen LogP contribution in [-0.2, 0) is 0 Å². The molecule has 0 spiro atoms. The van der Waals surface area contributed by atoms with Gasteiger partial charge in [0.25, 0.3) is 0 Å². The second-order valence-electron chi connectivity index (χ2n) is 7.16. The molecule has 8 nitrogen and oxygen atoms in total. The van der Waals surface area contributed by atoms with E-state index in [0.29, 0.717) is 45.8 Å². The van der Waals surface area contributed by atoms with Crippen LogP contribution in [0.1, 0.15) is 5.56 Å². The second-order valence-corrected chi connectivity index (χ2v) is 7.57. The molecule has 0 atom stereocenters. The zero-order valence-electron chi connectivity index (χ0n) is 18.3. The molecule has 34 heavy (non-hydrogen) atoms. The number of benzene rings is 2. The number of halogens is 2. The number of pyridine rings is 1. The van der Waals surface area contributed by atoms with Gasteiger partial charge in [-0.25, -0.2) is 24.1 Å². The molecular weight excluding hydrogens is 459 g/mol. The number of nitrogens with zero attached hydrogens (tertiary/aromatic N) is 3. The first-order chi connectivity index (χ1) is 16.4. The van der Waals surface area contributed by atoms with E-state index in [4.69, 9.17) is 16.3 Å². The van der Waals surface area contributed by atoms with Crippen LogP contribution in [0.4, 0.5) is 26.5 Å². The standard InChI is InChI=1S/C24H20ClFN6O2/c1-14-5-6-16(13-19(14)26)31-24(33)30-15-7-8-21(18(25)12-15)34-22-17(4-3-10-28-22)20-9-11-29-23(27-2)32-20/h3-13H,1-2H3,(H,27,29,32)(H2,30,31,33). The fourth-order valence-electron chi connectivity index (χ4n) is 3.03. The summed E-state index contributed by atoms with van der Waals surface area (Å²) in [6, 6.07) is 14.0. The van der Waals surface area contributed by atoms with E-state index in [-0.39, 0.29) is 5.02 Å². The number of nitrogens with one attached hydrogen (secondary N) is 3. The van der Waals surface area contributed by atoms with Crippen molar-refractivity contribution in [2.24, 2.45) is 0 Å². The number of carbonyl (C=O) groups is 1. The number of amides is 2. The van der Waals surface area contributed by atoms with Gasteiger partial charge in [0.2, 0.25) is 11.8 Å². The molecule has 0 aliphatic heterocycles. The van der Waals surface area contributed by atoms with Crippen LogP contribution in [0.15, 0.2) is 67.0 Å². The van der Waals surface area contributed by atoms with Gasteiger partial charge in [0, 0.05) is 30.8 Å². The average Bonchev–Trinajstić information content (AvgIpc) is 2.83. The lowest BCUT2D eigenvalue weighted by atomic mass is 10.2. The predicted molar refractivity (Wildman–Crippen MR) is 130 cm³/mol. The molecule has 0 saturated carbocycles. The van der Waals surface area contributed by atoms with Crippen molar-refractivity contribution in [1.82, 2.24) is 15.0 Å². The Morgan fingerprint density at radius 3 is 2.50 bits per heavy atom. The largest absolute Gasteiger partial charge is 0.437 e. The summed E-state index contributed by atoms with van der Waals surface area (Å²) in [5.74, 6) is 0.717. The van der Waals surface area contributed by atoms with Crippen molar-refractivity contribution in [2.45, 2.75) is 6.92 Å². The molecule has 2 amide bonds. The number of hydrogen-bond acceptors (Lipinski definition) is 6. The monoisotopic (exact) mass is 478 g/mol. The highest BCUT2D eigenvalue weighted by atomic mass is 35.5. The molecule has 0 aliphatic carbocycles. The van der Waals surface area contributed by atoms with Gasteiger partial charge in [-0.3, -0.25) is 0 Å². The van der Waals surface area contributed by atoms with E-state index in [0.717, 1.165) is 0 Å². The fourth-order valence-corrected chi connectivity index (χ4v) is 3.24. The molecule has 10 heteroatoms. The molecule has 2 heterocycles. The SMILES string of the molecule is CNc1nccc(-c2cccnc2Oc2ccc(NC(=O)Nc3ccc(C)c(F)c3)cc2Cl)n1. The van der Waals surface area contributed by atoms with E-state index < -0.39 is 11.8 Å². The van der Waals surface area contributed by atoms with Crippen LogP contribution in [0.5, 0.6) is 11.6 Å². The van der Waals surface area contributed by atoms with Gasteiger partial charge >= 0.3 is 6.03 Å². The predicted octanol–water partition coefficient (Wildman–Crippen LogP) is 6.12. The van der Waals surface area contributed by atoms with E-state index in [1.54, 1.807) is 68.8 Å². The van der Waals surface area contributed by atoms with Crippen LogP contribution in [0, 0.1) is 12.7 Å². The third-order valence-corrected chi connectivity index (χ3v) is 5.05. The van der Waals surface area contributed by atoms with Gasteiger partial charge in [-0.2, -0.15) is 0 Å². The minimum absolute atomic E-state index is 0.259. The summed E-state index contributed by atoms with van der Waals surface area (Å²) < 4.78 is 19.6. The molecule has 0 saturated heterocycles. The molecule has 2 aromatic heterocycles. The summed E-state index contributed by atoms with van der Waals surface area (Å²) in [4.78, 5) is 25.1. The van der Waals surface area contributed by atoms with Crippen molar-refractivity contribution in [3.8, 4) is 22.9 Å². The van der Waals surface area contributed by atoms with Gasteiger partial charge in [-0.1, -0.05) is 17.7 Å². The molecule has 0 unspecified atom stereocenters. The Balaban J connectivity index is 1.49. The summed E-state index contributed by atoms with van der Waals surface area (Å²) in [7, 11) is 1.73. The summed E-state index contributed by atoms with van der Waals surface area (Å²) in [6.45, 7) is 1.64. The number of carbonyl (C=O) groups excluding carboxylic acids is 1.